The van der Waals surface area contributed by atoms with Crippen LogP contribution < -0.4 is 0 Å². The Balaban J connectivity index is 1.15. The van der Waals surface area contributed by atoms with Crippen molar-refractivity contribution in [1.29, 1.82) is 0 Å². The molecule has 0 amide bonds. The van der Waals surface area contributed by atoms with Crippen molar-refractivity contribution >= 4 is 32.3 Å². The molecule has 214 valence electrons. The average molecular weight is 586 g/mol. The van der Waals surface area contributed by atoms with Gasteiger partial charge in [-0.25, -0.2) is 9.97 Å². The van der Waals surface area contributed by atoms with Crippen LogP contribution >= 0.6 is 0 Å². The number of aromatic nitrogens is 3. The minimum absolute atomic E-state index is 0.696. The van der Waals surface area contributed by atoms with E-state index in [4.69, 9.17) is 9.97 Å². The van der Waals surface area contributed by atoms with E-state index < -0.39 is 0 Å². The first-order valence-corrected chi connectivity index (χ1v) is 15.5. The van der Waals surface area contributed by atoms with Crippen LogP contribution in [0.4, 0.5) is 0 Å². The molecule has 0 spiro atoms. The third-order valence-corrected chi connectivity index (χ3v) is 8.90. The molecule has 9 rings (SSSR count). The number of hydrogen-bond donors (Lipinski definition) is 0. The highest BCUT2D eigenvalue weighted by Crippen LogP contribution is 2.39. The third kappa shape index (κ3) is 4.49. The molecule has 2 heterocycles. The summed E-state index contributed by atoms with van der Waals surface area (Å²) in [6, 6.07) is 55.5. The lowest BCUT2D eigenvalue weighted by Crippen LogP contribution is -1.96. The molecule has 3 heteroatoms. The van der Waals surface area contributed by atoms with Gasteiger partial charge in [-0.2, -0.15) is 0 Å². The largest absolute Gasteiger partial charge is 0.256 e. The number of rotatable bonds is 5. The number of pyridine rings is 1. The lowest BCUT2D eigenvalue weighted by molar-refractivity contribution is 1.18. The maximum atomic E-state index is 5.11. The fourth-order valence-corrected chi connectivity index (χ4v) is 6.64. The molecule has 0 bridgehead atoms. The highest BCUT2D eigenvalue weighted by Gasteiger charge is 2.14. The summed E-state index contributed by atoms with van der Waals surface area (Å²) < 4.78 is 0. The Labute approximate surface area is 266 Å². The summed E-state index contributed by atoms with van der Waals surface area (Å²) in [6.07, 6.45) is 1.82. The summed E-state index contributed by atoms with van der Waals surface area (Å²) in [7, 11) is 0. The molecule has 2 aromatic heterocycles. The molecule has 7 aromatic carbocycles. The van der Waals surface area contributed by atoms with E-state index in [0.29, 0.717) is 5.82 Å². The van der Waals surface area contributed by atoms with Gasteiger partial charge in [0, 0.05) is 28.5 Å². The molecule has 0 saturated heterocycles. The standard InChI is InChI=1S/C43H27N3/c1-2-8-29(9-3-1)39-27-40(35-13-7-12-34(26-35)38-14-4-5-25-44-38)46-43(45-39)33-19-15-28(16-20-33)36-23-21-32-18-17-30-10-6-11-31-22-24-37(36)42(32)41(30)31/h1-27H. The van der Waals surface area contributed by atoms with E-state index in [1.54, 1.807) is 0 Å². The van der Waals surface area contributed by atoms with E-state index in [-0.39, 0.29) is 0 Å². The van der Waals surface area contributed by atoms with Crippen LogP contribution in [0.15, 0.2) is 164 Å². The number of benzene rings is 7. The van der Waals surface area contributed by atoms with Crippen molar-refractivity contribution in [2.24, 2.45) is 0 Å². The Morgan fingerprint density at radius 1 is 0.348 bits per heavy atom. The molecule has 0 aliphatic heterocycles. The molecule has 0 aliphatic carbocycles. The Hall–Kier alpha value is -6.19. The SMILES string of the molecule is c1ccc(-c2cc(-c3cccc(-c4ccccn4)c3)nc(-c3ccc(-c4ccc5ccc6cccc7ccc4c5c67)cc3)n2)cc1. The molecule has 9 aromatic rings. The topological polar surface area (TPSA) is 38.7 Å². The van der Waals surface area contributed by atoms with Gasteiger partial charge in [-0.3, -0.25) is 4.98 Å². The lowest BCUT2D eigenvalue weighted by Gasteiger charge is -2.14. The van der Waals surface area contributed by atoms with E-state index in [0.717, 1.165) is 39.3 Å². The monoisotopic (exact) mass is 585 g/mol. The number of hydrogen-bond acceptors (Lipinski definition) is 3. The summed E-state index contributed by atoms with van der Waals surface area (Å²) in [4.78, 5) is 14.7. The van der Waals surface area contributed by atoms with E-state index in [2.05, 4.69) is 126 Å². The molecule has 46 heavy (non-hydrogen) atoms. The van der Waals surface area contributed by atoms with Gasteiger partial charge in [0.2, 0.25) is 0 Å². The first-order chi connectivity index (χ1) is 22.8. The zero-order valence-electron chi connectivity index (χ0n) is 24.9. The van der Waals surface area contributed by atoms with Crippen molar-refractivity contribution in [2.75, 3.05) is 0 Å². The predicted molar refractivity (Wildman–Crippen MR) is 191 cm³/mol. The van der Waals surface area contributed by atoms with Gasteiger partial charge in [0.25, 0.3) is 0 Å². The van der Waals surface area contributed by atoms with Gasteiger partial charge < -0.3 is 0 Å². The lowest BCUT2D eigenvalue weighted by atomic mass is 9.90. The van der Waals surface area contributed by atoms with Crippen LogP contribution in [-0.2, 0) is 0 Å². The quantitative estimate of drug-likeness (QED) is 0.189. The van der Waals surface area contributed by atoms with E-state index in [1.807, 2.05) is 42.6 Å². The predicted octanol–water partition coefficient (Wildman–Crippen LogP) is 11.1. The maximum absolute atomic E-state index is 5.11. The van der Waals surface area contributed by atoms with Crippen molar-refractivity contribution in [3.05, 3.63) is 164 Å². The molecule has 0 N–H and O–H groups in total. The van der Waals surface area contributed by atoms with E-state index >= 15 is 0 Å². The van der Waals surface area contributed by atoms with Gasteiger partial charge in [-0.15, -0.1) is 0 Å². The van der Waals surface area contributed by atoms with E-state index in [9.17, 15) is 0 Å². The summed E-state index contributed by atoms with van der Waals surface area (Å²) in [5, 5.41) is 7.76. The zero-order valence-corrected chi connectivity index (χ0v) is 24.9. The van der Waals surface area contributed by atoms with Gasteiger partial charge in [0.05, 0.1) is 17.1 Å². The Kier molecular flexibility index (Phi) is 6.14. The normalized spacial score (nSPS) is 11.5. The summed E-state index contributed by atoms with van der Waals surface area (Å²) in [6.45, 7) is 0. The van der Waals surface area contributed by atoms with E-state index in [1.165, 1.54) is 43.4 Å². The average Bonchev–Trinajstić information content (AvgIpc) is 3.14. The zero-order chi connectivity index (χ0) is 30.5. The Morgan fingerprint density at radius 3 is 1.72 bits per heavy atom. The first-order valence-electron chi connectivity index (χ1n) is 15.5. The Bertz CT molecular complexity index is 2490. The van der Waals surface area contributed by atoms with Gasteiger partial charge >= 0.3 is 0 Å². The van der Waals surface area contributed by atoms with Gasteiger partial charge in [-0.1, -0.05) is 133 Å². The summed E-state index contributed by atoms with van der Waals surface area (Å²) in [5.41, 5.74) is 9.19. The van der Waals surface area contributed by atoms with Crippen LogP contribution in [0.3, 0.4) is 0 Å². The molecule has 0 atom stereocenters. The molecule has 0 radical (unpaired) electrons. The Morgan fingerprint density at radius 2 is 0.957 bits per heavy atom. The molecular weight excluding hydrogens is 558 g/mol. The van der Waals surface area contributed by atoms with Crippen LogP contribution in [-0.4, -0.2) is 15.0 Å². The van der Waals surface area contributed by atoms with Crippen LogP contribution in [0.1, 0.15) is 0 Å². The second-order valence-electron chi connectivity index (χ2n) is 11.7. The summed E-state index contributed by atoms with van der Waals surface area (Å²) >= 11 is 0. The fourth-order valence-electron chi connectivity index (χ4n) is 6.64. The van der Waals surface area contributed by atoms with Gasteiger partial charge in [0.15, 0.2) is 5.82 Å². The van der Waals surface area contributed by atoms with Gasteiger partial charge in [-0.05, 0) is 67.7 Å². The highest BCUT2D eigenvalue weighted by atomic mass is 14.9. The molecule has 0 aliphatic rings. The van der Waals surface area contributed by atoms with Gasteiger partial charge in [0.1, 0.15) is 0 Å². The van der Waals surface area contributed by atoms with Crippen molar-refractivity contribution in [3.63, 3.8) is 0 Å². The second-order valence-corrected chi connectivity index (χ2v) is 11.7. The van der Waals surface area contributed by atoms with Crippen LogP contribution in [0.25, 0.3) is 88.6 Å². The molecule has 0 fully saturated rings. The highest BCUT2D eigenvalue weighted by molar-refractivity contribution is 6.25. The molecule has 3 nitrogen and oxygen atoms in total. The molecular formula is C43H27N3. The third-order valence-electron chi connectivity index (χ3n) is 8.90. The second kappa shape index (κ2) is 10.8. The van der Waals surface area contributed by atoms with Crippen LogP contribution in [0, 0.1) is 0 Å². The fraction of sp³-hybridized carbons (Fsp3) is 0. The number of nitrogens with zero attached hydrogens (tertiary/aromatic N) is 3. The minimum atomic E-state index is 0.696. The minimum Gasteiger partial charge on any atom is -0.256 e. The van der Waals surface area contributed by atoms with Crippen molar-refractivity contribution in [2.45, 2.75) is 0 Å². The smallest absolute Gasteiger partial charge is 0.160 e. The van der Waals surface area contributed by atoms with Crippen LogP contribution in [0.5, 0.6) is 0 Å². The van der Waals surface area contributed by atoms with Crippen molar-refractivity contribution in [1.82, 2.24) is 15.0 Å². The molecule has 0 unspecified atom stereocenters. The maximum Gasteiger partial charge on any atom is 0.160 e. The molecule has 0 saturated carbocycles. The van der Waals surface area contributed by atoms with Crippen molar-refractivity contribution < 1.29 is 0 Å². The van der Waals surface area contributed by atoms with Crippen molar-refractivity contribution in [3.8, 4) is 56.3 Å². The first kappa shape index (κ1) is 26.2. The summed E-state index contributed by atoms with van der Waals surface area (Å²) in [5.74, 6) is 0.696. The van der Waals surface area contributed by atoms with Crippen LogP contribution in [0.2, 0.25) is 0 Å².